The number of aryl methyl sites for hydroxylation is 1. The van der Waals surface area contributed by atoms with Crippen molar-refractivity contribution in [3.63, 3.8) is 0 Å². The summed E-state index contributed by atoms with van der Waals surface area (Å²) in [4.78, 5) is 34.2. The number of amides is 1. The van der Waals surface area contributed by atoms with Gasteiger partial charge in [-0.2, -0.15) is 4.98 Å². The Balaban J connectivity index is 1.43. The second-order valence-corrected chi connectivity index (χ2v) is 7.70. The number of hydrogen-bond acceptors (Lipinski definition) is 7. The molecule has 2 aromatic carbocycles. The molecule has 4 rings (SSSR count). The van der Waals surface area contributed by atoms with Crippen LogP contribution >= 0.6 is 0 Å². The number of benzene rings is 2. The summed E-state index contributed by atoms with van der Waals surface area (Å²) >= 11 is 0. The lowest BCUT2D eigenvalue weighted by Crippen LogP contribution is -2.30. The van der Waals surface area contributed by atoms with E-state index >= 15 is 0 Å². The van der Waals surface area contributed by atoms with Gasteiger partial charge in [0.05, 0.1) is 4.92 Å². The van der Waals surface area contributed by atoms with Gasteiger partial charge in [-0.15, -0.1) is 0 Å². The van der Waals surface area contributed by atoms with Gasteiger partial charge < -0.3 is 15.5 Å². The molecule has 1 amide bonds. The molecule has 0 spiro atoms. The Morgan fingerprint density at radius 2 is 1.72 bits per heavy atom. The molecule has 1 aromatic heterocycles. The van der Waals surface area contributed by atoms with Gasteiger partial charge in [-0.3, -0.25) is 14.9 Å². The summed E-state index contributed by atoms with van der Waals surface area (Å²) in [5.74, 6) is 1.04. The first kappa shape index (κ1) is 21.2. The lowest BCUT2D eigenvalue weighted by Gasteiger charge is -2.28. The molecule has 1 fully saturated rings. The van der Waals surface area contributed by atoms with Crippen LogP contribution in [0.1, 0.15) is 35.3 Å². The van der Waals surface area contributed by atoms with Crippen molar-refractivity contribution < 1.29 is 9.72 Å². The van der Waals surface area contributed by atoms with Gasteiger partial charge in [0.25, 0.3) is 11.6 Å². The maximum atomic E-state index is 12.4. The molecule has 3 aromatic rings. The number of carbonyl (C=O) groups is 1. The first-order valence-electron chi connectivity index (χ1n) is 10.5. The Hall–Kier alpha value is -4.01. The number of rotatable bonds is 6. The van der Waals surface area contributed by atoms with Crippen molar-refractivity contribution in [1.82, 2.24) is 9.97 Å². The van der Waals surface area contributed by atoms with Crippen molar-refractivity contribution in [2.24, 2.45) is 0 Å². The molecule has 0 atom stereocenters. The molecular weight excluding hydrogens is 408 g/mol. The fourth-order valence-electron chi connectivity index (χ4n) is 3.62. The third-order valence-corrected chi connectivity index (χ3v) is 5.24. The minimum Gasteiger partial charge on any atom is -0.356 e. The van der Waals surface area contributed by atoms with Gasteiger partial charge in [-0.1, -0.05) is 6.07 Å². The number of hydrogen-bond donors (Lipinski definition) is 2. The monoisotopic (exact) mass is 432 g/mol. The van der Waals surface area contributed by atoms with Crippen LogP contribution in [0.25, 0.3) is 0 Å². The van der Waals surface area contributed by atoms with Gasteiger partial charge in [-0.05, 0) is 56.5 Å². The van der Waals surface area contributed by atoms with Gasteiger partial charge in [0.1, 0.15) is 5.82 Å². The number of nitro benzene ring substituents is 1. The maximum absolute atomic E-state index is 12.4. The van der Waals surface area contributed by atoms with E-state index < -0.39 is 10.8 Å². The van der Waals surface area contributed by atoms with E-state index in [1.165, 1.54) is 43.5 Å². The van der Waals surface area contributed by atoms with Crippen molar-refractivity contribution in [2.75, 3.05) is 28.6 Å². The van der Waals surface area contributed by atoms with Gasteiger partial charge in [-0.25, -0.2) is 4.98 Å². The van der Waals surface area contributed by atoms with Gasteiger partial charge in [0.15, 0.2) is 0 Å². The fraction of sp³-hybridized carbons (Fsp3) is 0.261. The molecule has 1 aliphatic heterocycles. The fourth-order valence-corrected chi connectivity index (χ4v) is 3.62. The molecule has 2 heterocycles. The van der Waals surface area contributed by atoms with E-state index in [0.29, 0.717) is 11.6 Å². The SMILES string of the molecule is Cc1cc(N2CCCCC2)nc(Nc2ccc(NC(=O)c3cccc([N+](=O)[O-])c3)cc2)n1. The highest BCUT2D eigenvalue weighted by Crippen LogP contribution is 2.23. The third kappa shape index (κ3) is 5.18. The van der Waals surface area contributed by atoms with E-state index in [-0.39, 0.29) is 11.3 Å². The average molecular weight is 432 g/mol. The van der Waals surface area contributed by atoms with E-state index in [1.807, 2.05) is 25.1 Å². The van der Waals surface area contributed by atoms with Crippen molar-refractivity contribution >= 4 is 34.7 Å². The Morgan fingerprint density at radius 1 is 1.00 bits per heavy atom. The number of piperidine rings is 1. The van der Waals surface area contributed by atoms with Gasteiger partial charge in [0, 0.05) is 53.9 Å². The van der Waals surface area contributed by atoms with Crippen molar-refractivity contribution in [2.45, 2.75) is 26.2 Å². The number of nitrogens with one attached hydrogen (secondary N) is 2. The number of carbonyl (C=O) groups excluding carboxylic acids is 1. The summed E-state index contributed by atoms with van der Waals surface area (Å²) < 4.78 is 0. The minimum atomic E-state index is -0.526. The number of aromatic nitrogens is 2. The smallest absolute Gasteiger partial charge is 0.270 e. The molecule has 32 heavy (non-hydrogen) atoms. The topological polar surface area (TPSA) is 113 Å². The van der Waals surface area contributed by atoms with Crippen LogP contribution in [0.5, 0.6) is 0 Å². The third-order valence-electron chi connectivity index (χ3n) is 5.24. The zero-order valence-electron chi connectivity index (χ0n) is 17.7. The Morgan fingerprint density at radius 3 is 2.44 bits per heavy atom. The first-order chi connectivity index (χ1) is 15.5. The maximum Gasteiger partial charge on any atom is 0.270 e. The van der Waals surface area contributed by atoms with E-state index in [4.69, 9.17) is 0 Å². The van der Waals surface area contributed by atoms with Crippen LogP contribution in [0.3, 0.4) is 0 Å². The second-order valence-electron chi connectivity index (χ2n) is 7.70. The summed E-state index contributed by atoms with van der Waals surface area (Å²) in [6, 6.07) is 14.8. The van der Waals surface area contributed by atoms with Crippen LogP contribution in [-0.2, 0) is 0 Å². The summed E-state index contributed by atoms with van der Waals surface area (Å²) in [6.07, 6.45) is 3.61. The van der Waals surface area contributed by atoms with Crippen molar-refractivity contribution in [3.8, 4) is 0 Å². The molecule has 164 valence electrons. The number of nitro groups is 1. The second kappa shape index (κ2) is 9.42. The summed E-state index contributed by atoms with van der Waals surface area (Å²) in [5.41, 5.74) is 2.35. The predicted octanol–water partition coefficient (Wildman–Crippen LogP) is 4.68. The van der Waals surface area contributed by atoms with Crippen molar-refractivity contribution in [3.05, 3.63) is 76.0 Å². The number of anilines is 4. The van der Waals surface area contributed by atoms with Gasteiger partial charge >= 0.3 is 0 Å². The molecule has 2 N–H and O–H groups in total. The first-order valence-corrected chi connectivity index (χ1v) is 10.5. The summed E-state index contributed by atoms with van der Waals surface area (Å²) in [7, 11) is 0. The Labute approximate surface area is 185 Å². The van der Waals surface area contributed by atoms with E-state index in [9.17, 15) is 14.9 Å². The van der Waals surface area contributed by atoms with Crippen LogP contribution in [0, 0.1) is 17.0 Å². The molecule has 0 aliphatic carbocycles. The lowest BCUT2D eigenvalue weighted by molar-refractivity contribution is -0.384. The number of nitrogens with zero attached hydrogens (tertiary/aromatic N) is 4. The highest BCUT2D eigenvalue weighted by molar-refractivity contribution is 6.04. The predicted molar refractivity (Wildman–Crippen MR) is 124 cm³/mol. The summed E-state index contributed by atoms with van der Waals surface area (Å²) in [6.45, 7) is 3.97. The van der Waals surface area contributed by atoms with Crippen LogP contribution in [0.4, 0.5) is 28.8 Å². The standard InChI is InChI=1S/C23H24N6O3/c1-16-14-21(28-12-3-2-4-13-28)27-23(24-16)26-19-10-8-18(9-11-19)25-22(30)17-6-5-7-20(15-17)29(31)32/h5-11,14-15H,2-4,12-13H2,1H3,(H,25,30)(H,24,26,27). The van der Waals surface area contributed by atoms with E-state index in [1.54, 1.807) is 12.1 Å². The normalized spacial score (nSPS) is 13.5. The molecule has 0 radical (unpaired) electrons. The van der Waals surface area contributed by atoms with Gasteiger partial charge in [0.2, 0.25) is 5.95 Å². The van der Waals surface area contributed by atoms with E-state index in [2.05, 4.69) is 25.5 Å². The molecule has 9 heteroatoms. The molecule has 0 saturated carbocycles. The molecule has 1 aliphatic rings. The minimum absolute atomic E-state index is 0.126. The zero-order valence-corrected chi connectivity index (χ0v) is 17.7. The molecular formula is C23H24N6O3. The molecule has 0 bridgehead atoms. The van der Waals surface area contributed by atoms with Crippen LogP contribution < -0.4 is 15.5 Å². The van der Waals surface area contributed by atoms with Crippen molar-refractivity contribution in [1.29, 1.82) is 0 Å². The Bertz CT molecular complexity index is 1130. The highest BCUT2D eigenvalue weighted by atomic mass is 16.6. The van der Waals surface area contributed by atoms with E-state index in [0.717, 1.165) is 30.3 Å². The average Bonchev–Trinajstić information content (AvgIpc) is 2.80. The quantitative estimate of drug-likeness (QED) is 0.429. The largest absolute Gasteiger partial charge is 0.356 e. The number of non-ortho nitro benzene ring substituents is 1. The zero-order chi connectivity index (χ0) is 22.5. The summed E-state index contributed by atoms with van der Waals surface area (Å²) in [5, 5.41) is 16.9. The van der Waals surface area contributed by atoms with Crippen LogP contribution in [-0.4, -0.2) is 33.9 Å². The lowest BCUT2D eigenvalue weighted by atomic mass is 10.1. The van der Waals surface area contributed by atoms with Crippen LogP contribution in [0.2, 0.25) is 0 Å². The van der Waals surface area contributed by atoms with Crippen LogP contribution in [0.15, 0.2) is 54.6 Å². The molecule has 0 unspecified atom stereocenters. The molecule has 1 saturated heterocycles. The molecule has 9 nitrogen and oxygen atoms in total. The Kier molecular flexibility index (Phi) is 6.25. The highest BCUT2D eigenvalue weighted by Gasteiger charge is 2.14.